The van der Waals surface area contributed by atoms with E-state index in [1.807, 2.05) is 24.3 Å². The molecule has 1 atom stereocenters. The second kappa shape index (κ2) is 5.35. The van der Waals surface area contributed by atoms with Crippen molar-refractivity contribution in [3.63, 3.8) is 0 Å². The van der Waals surface area contributed by atoms with Crippen molar-refractivity contribution in [1.29, 1.82) is 0 Å². The summed E-state index contributed by atoms with van der Waals surface area (Å²) in [4.78, 5) is 12.3. The average Bonchev–Trinajstić information content (AvgIpc) is 2.82. The van der Waals surface area contributed by atoms with Gasteiger partial charge < -0.3 is 10.6 Å². The molecule has 1 aromatic carbocycles. The van der Waals surface area contributed by atoms with Crippen LogP contribution in [0.2, 0.25) is 0 Å². The molecule has 0 bridgehead atoms. The van der Waals surface area contributed by atoms with Crippen molar-refractivity contribution < 1.29 is 4.79 Å². The van der Waals surface area contributed by atoms with Crippen LogP contribution in [-0.2, 0) is 4.79 Å². The standard InChI is InChI=1S/C13H17IN2O/c1-2-13(8-5-9-15-13)12(17)16-11-7-4-3-6-10(11)14/h3-4,6-7,15H,2,5,8-9H2,1H3,(H,16,17). The van der Waals surface area contributed by atoms with Crippen molar-refractivity contribution in [2.24, 2.45) is 0 Å². The highest BCUT2D eigenvalue weighted by atomic mass is 127. The summed E-state index contributed by atoms with van der Waals surface area (Å²) >= 11 is 2.24. The lowest BCUT2D eigenvalue weighted by molar-refractivity contribution is -0.122. The van der Waals surface area contributed by atoms with Gasteiger partial charge in [-0.3, -0.25) is 4.79 Å². The van der Waals surface area contributed by atoms with Crippen LogP contribution >= 0.6 is 22.6 Å². The fourth-order valence-corrected chi connectivity index (χ4v) is 2.79. The molecule has 4 heteroatoms. The molecule has 0 radical (unpaired) electrons. The molecule has 2 rings (SSSR count). The molecule has 1 amide bonds. The van der Waals surface area contributed by atoms with E-state index in [1.54, 1.807) is 0 Å². The van der Waals surface area contributed by atoms with Gasteiger partial charge >= 0.3 is 0 Å². The molecule has 2 N–H and O–H groups in total. The summed E-state index contributed by atoms with van der Waals surface area (Å²) in [6.07, 6.45) is 2.84. The number of benzene rings is 1. The van der Waals surface area contributed by atoms with Gasteiger partial charge in [0.2, 0.25) is 5.91 Å². The zero-order chi connectivity index (χ0) is 12.3. The number of carbonyl (C=O) groups is 1. The Labute approximate surface area is 116 Å². The second-order valence-electron chi connectivity index (χ2n) is 4.40. The molecular formula is C13H17IN2O. The highest BCUT2D eigenvalue weighted by Gasteiger charge is 2.39. The predicted octanol–water partition coefficient (Wildman–Crippen LogP) is 2.76. The molecule has 1 fully saturated rings. The zero-order valence-corrected chi connectivity index (χ0v) is 12.1. The van der Waals surface area contributed by atoms with Crippen LogP contribution in [0.1, 0.15) is 26.2 Å². The predicted molar refractivity (Wildman–Crippen MR) is 78.0 cm³/mol. The van der Waals surface area contributed by atoms with Crippen molar-refractivity contribution >= 4 is 34.2 Å². The third-order valence-electron chi connectivity index (χ3n) is 3.40. The molecule has 3 nitrogen and oxygen atoms in total. The lowest BCUT2D eigenvalue weighted by atomic mass is 9.93. The Morgan fingerprint density at radius 2 is 2.29 bits per heavy atom. The number of rotatable bonds is 3. The maximum atomic E-state index is 12.3. The maximum absolute atomic E-state index is 12.3. The molecule has 0 spiro atoms. The Balaban J connectivity index is 2.14. The van der Waals surface area contributed by atoms with Crippen LogP contribution in [0.15, 0.2) is 24.3 Å². The first kappa shape index (κ1) is 12.8. The average molecular weight is 344 g/mol. The quantitative estimate of drug-likeness (QED) is 0.828. The molecule has 1 saturated heterocycles. The SMILES string of the molecule is CCC1(C(=O)Nc2ccccc2I)CCCN1. The Hall–Kier alpha value is -0.620. The monoisotopic (exact) mass is 344 g/mol. The van der Waals surface area contributed by atoms with Crippen LogP contribution in [0, 0.1) is 3.57 Å². The van der Waals surface area contributed by atoms with Gasteiger partial charge in [0.05, 0.1) is 11.2 Å². The van der Waals surface area contributed by atoms with E-state index in [-0.39, 0.29) is 11.4 Å². The maximum Gasteiger partial charge on any atom is 0.244 e. The van der Waals surface area contributed by atoms with Crippen molar-refractivity contribution in [2.45, 2.75) is 31.7 Å². The number of hydrogen-bond acceptors (Lipinski definition) is 2. The summed E-state index contributed by atoms with van der Waals surface area (Å²) in [7, 11) is 0. The number of carbonyl (C=O) groups excluding carboxylic acids is 1. The Bertz CT molecular complexity index is 414. The second-order valence-corrected chi connectivity index (χ2v) is 5.56. The van der Waals surface area contributed by atoms with Crippen LogP contribution in [0.25, 0.3) is 0 Å². The first-order valence-corrected chi connectivity index (χ1v) is 7.07. The first-order valence-electron chi connectivity index (χ1n) is 5.99. The van der Waals surface area contributed by atoms with Gasteiger partial charge in [0.25, 0.3) is 0 Å². The van der Waals surface area contributed by atoms with Crippen LogP contribution in [0.3, 0.4) is 0 Å². The number of hydrogen-bond donors (Lipinski definition) is 2. The number of halogens is 1. The van der Waals surface area contributed by atoms with E-state index >= 15 is 0 Å². The molecule has 1 unspecified atom stereocenters. The third kappa shape index (κ3) is 2.63. The minimum atomic E-state index is -0.362. The topological polar surface area (TPSA) is 41.1 Å². The van der Waals surface area contributed by atoms with E-state index in [0.717, 1.165) is 35.1 Å². The summed E-state index contributed by atoms with van der Waals surface area (Å²) < 4.78 is 1.07. The smallest absolute Gasteiger partial charge is 0.244 e. The largest absolute Gasteiger partial charge is 0.324 e. The first-order chi connectivity index (χ1) is 8.18. The third-order valence-corrected chi connectivity index (χ3v) is 4.34. The van der Waals surface area contributed by atoms with Crippen molar-refractivity contribution in [3.05, 3.63) is 27.8 Å². The molecule has 0 aromatic heterocycles. The minimum absolute atomic E-state index is 0.0987. The van der Waals surface area contributed by atoms with E-state index in [1.165, 1.54) is 0 Å². The molecule has 1 heterocycles. The highest BCUT2D eigenvalue weighted by molar-refractivity contribution is 14.1. The molecule has 0 aliphatic carbocycles. The van der Waals surface area contributed by atoms with E-state index < -0.39 is 0 Å². The number of anilines is 1. The van der Waals surface area contributed by atoms with Gasteiger partial charge in [0.1, 0.15) is 0 Å². The Kier molecular flexibility index (Phi) is 4.04. The minimum Gasteiger partial charge on any atom is -0.324 e. The summed E-state index contributed by atoms with van der Waals surface area (Å²) in [6, 6.07) is 7.86. The van der Waals surface area contributed by atoms with Gasteiger partial charge in [-0.25, -0.2) is 0 Å². The van der Waals surface area contributed by atoms with Gasteiger partial charge in [0, 0.05) is 3.57 Å². The van der Waals surface area contributed by atoms with Gasteiger partial charge in [-0.15, -0.1) is 0 Å². The van der Waals surface area contributed by atoms with Gasteiger partial charge in [0.15, 0.2) is 0 Å². The van der Waals surface area contributed by atoms with E-state index in [2.05, 4.69) is 40.1 Å². The zero-order valence-electron chi connectivity index (χ0n) is 9.92. The number of para-hydroxylation sites is 1. The van der Waals surface area contributed by atoms with Gasteiger partial charge in [-0.1, -0.05) is 19.1 Å². The summed E-state index contributed by atoms with van der Waals surface area (Å²) in [6.45, 7) is 3.00. The van der Waals surface area contributed by atoms with Crippen molar-refractivity contribution in [1.82, 2.24) is 5.32 Å². The molecule has 0 saturated carbocycles. The molecular weight excluding hydrogens is 327 g/mol. The molecule has 17 heavy (non-hydrogen) atoms. The van der Waals surface area contributed by atoms with Crippen LogP contribution in [-0.4, -0.2) is 18.0 Å². The molecule has 92 valence electrons. The van der Waals surface area contributed by atoms with Crippen LogP contribution < -0.4 is 10.6 Å². The normalized spacial score (nSPS) is 23.6. The lowest BCUT2D eigenvalue weighted by Crippen LogP contribution is -2.50. The van der Waals surface area contributed by atoms with Gasteiger partial charge in [-0.05, 0) is 60.5 Å². The molecule has 1 aliphatic heterocycles. The Morgan fingerprint density at radius 1 is 1.53 bits per heavy atom. The van der Waals surface area contributed by atoms with Gasteiger partial charge in [-0.2, -0.15) is 0 Å². The van der Waals surface area contributed by atoms with Crippen LogP contribution in [0.4, 0.5) is 5.69 Å². The fourth-order valence-electron chi connectivity index (χ4n) is 2.27. The van der Waals surface area contributed by atoms with E-state index in [0.29, 0.717) is 0 Å². The Morgan fingerprint density at radius 3 is 2.88 bits per heavy atom. The molecule has 1 aliphatic rings. The summed E-state index contributed by atoms with van der Waals surface area (Å²) in [5, 5.41) is 6.38. The van der Waals surface area contributed by atoms with Crippen LogP contribution in [0.5, 0.6) is 0 Å². The number of amides is 1. The van der Waals surface area contributed by atoms with Crippen molar-refractivity contribution in [2.75, 3.05) is 11.9 Å². The van der Waals surface area contributed by atoms with Crippen molar-refractivity contribution in [3.8, 4) is 0 Å². The fraction of sp³-hybridized carbons (Fsp3) is 0.462. The van der Waals surface area contributed by atoms with E-state index in [4.69, 9.17) is 0 Å². The molecule has 1 aromatic rings. The summed E-state index contributed by atoms with van der Waals surface area (Å²) in [5.74, 6) is 0.0987. The summed E-state index contributed by atoms with van der Waals surface area (Å²) in [5.41, 5.74) is 0.540. The highest BCUT2D eigenvalue weighted by Crippen LogP contribution is 2.26. The lowest BCUT2D eigenvalue weighted by Gasteiger charge is -2.26. The van der Waals surface area contributed by atoms with E-state index in [9.17, 15) is 4.79 Å². The number of nitrogens with one attached hydrogen (secondary N) is 2.